The SMILES string of the molecule is C#C/C(=C(\C)C#C[CH2-])N(C(C)=O)/C(C#C)=C(\C)C#C[CH2-]. The molecule has 100 valence electrons. The van der Waals surface area contributed by atoms with Gasteiger partial charge in [0.05, 0.1) is 11.4 Å². The van der Waals surface area contributed by atoms with Crippen molar-refractivity contribution in [2.45, 2.75) is 20.8 Å². The summed E-state index contributed by atoms with van der Waals surface area (Å²) in [6, 6.07) is 0. The Labute approximate surface area is 121 Å². The molecule has 20 heavy (non-hydrogen) atoms. The van der Waals surface area contributed by atoms with E-state index in [0.717, 1.165) is 0 Å². The number of hydrogen-bond acceptors (Lipinski definition) is 1. The summed E-state index contributed by atoms with van der Waals surface area (Å²) in [4.78, 5) is 13.2. The average molecular weight is 261 g/mol. The standard InChI is InChI=1S/C18H15NO/c1-8-12-14(5)17(10-3)19(16(7)20)18(11-4)15(6)13-9-2/h3-4H,1-2H2,5-7H3/q-2/b17-14-,18-15+. The van der Waals surface area contributed by atoms with Crippen molar-refractivity contribution in [3.05, 3.63) is 36.4 Å². The molecule has 0 rings (SSSR count). The molecule has 0 N–H and O–H groups in total. The van der Waals surface area contributed by atoms with Gasteiger partial charge >= 0.3 is 0 Å². The predicted octanol–water partition coefficient (Wildman–Crippen LogP) is 2.32. The van der Waals surface area contributed by atoms with Crippen molar-refractivity contribution in [3.63, 3.8) is 0 Å². The summed E-state index contributed by atoms with van der Waals surface area (Å²) in [5.41, 5.74) is 1.63. The first kappa shape index (κ1) is 16.9. The van der Waals surface area contributed by atoms with Gasteiger partial charge in [0, 0.05) is 6.92 Å². The molecule has 0 aromatic carbocycles. The number of hydrogen-bond donors (Lipinski definition) is 0. The predicted molar refractivity (Wildman–Crippen MR) is 81.9 cm³/mol. The second-order valence-corrected chi connectivity index (χ2v) is 3.69. The summed E-state index contributed by atoms with van der Waals surface area (Å²) < 4.78 is 0. The molecule has 0 saturated carbocycles. The highest BCUT2D eigenvalue weighted by Crippen LogP contribution is 2.19. The van der Waals surface area contributed by atoms with Crippen LogP contribution < -0.4 is 0 Å². The summed E-state index contributed by atoms with van der Waals surface area (Å²) >= 11 is 0. The molecule has 0 spiro atoms. The molecule has 0 aliphatic carbocycles. The summed E-state index contributed by atoms with van der Waals surface area (Å²) in [5, 5.41) is 0. The molecule has 1 amide bonds. The van der Waals surface area contributed by atoms with Crippen LogP contribution in [0.4, 0.5) is 0 Å². The molecule has 0 atom stereocenters. The number of allylic oxidation sites excluding steroid dienone is 4. The summed E-state index contributed by atoms with van der Waals surface area (Å²) in [6.45, 7) is 11.6. The largest absolute Gasteiger partial charge is 0.297 e. The minimum Gasteiger partial charge on any atom is -0.297 e. The maximum atomic E-state index is 11.9. The van der Waals surface area contributed by atoms with Crippen LogP contribution in [0.2, 0.25) is 0 Å². The first-order chi connectivity index (χ1) is 9.44. The maximum Gasteiger partial charge on any atom is 0.229 e. The van der Waals surface area contributed by atoms with Crippen LogP contribution >= 0.6 is 0 Å². The van der Waals surface area contributed by atoms with Gasteiger partial charge in [-0.15, -0.1) is 12.8 Å². The number of terminal acetylenes is 2. The Hall–Kier alpha value is -3.07. The zero-order valence-corrected chi connectivity index (χ0v) is 11.9. The van der Waals surface area contributed by atoms with Gasteiger partial charge in [0.15, 0.2) is 0 Å². The van der Waals surface area contributed by atoms with Crippen LogP contribution in [0.3, 0.4) is 0 Å². The number of carbonyl (C=O) groups is 1. The molecule has 0 unspecified atom stereocenters. The van der Waals surface area contributed by atoms with Crippen molar-refractivity contribution in [1.82, 2.24) is 4.90 Å². The monoisotopic (exact) mass is 261 g/mol. The van der Waals surface area contributed by atoms with Gasteiger partial charge in [-0.3, -0.25) is 33.4 Å². The number of nitrogens with zero attached hydrogens (tertiary/aromatic N) is 1. The summed E-state index contributed by atoms with van der Waals surface area (Å²) in [5.74, 6) is 15.0. The Bertz CT molecular complexity index is 613. The topological polar surface area (TPSA) is 20.3 Å². The first-order valence-corrected chi connectivity index (χ1v) is 5.66. The maximum absolute atomic E-state index is 11.9. The quantitative estimate of drug-likeness (QED) is 0.552. The molecule has 0 saturated heterocycles. The van der Waals surface area contributed by atoms with Gasteiger partial charge in [0.1, 0.15) is 0 Å². The van der Waals surface area contributed by atoms with Crippen LogP contribution in [0.5, 0.6) is 0 Å². The van der Waals surface area contributed by atoms with E-state index in [-0.39, 0.29) is 17.3 Å². The Morgan fingerprint density at radius 3 is 1.45 bits per heavy atom. The molecule has 0 aromatic rings. The molecule has 0 fully saturated rings. The smallest absolute Gasteiger partial charge is 0.229 e. The van der Waals surface area contributed by atoms with Gasteiger partial charge in [0.25, 0.3) is 0 Å². The molecule has 2 nitrogen and oxygen atoms in total. The van der Waals surface area contributed by atoms with E-state index in [4.69, 9.17) is 12.8 Å². The third-order valence-corrected chi connectivity index (χ3v) is 2.30. The van der Waals surface area contributed by atoms with Gasteiger partial charge in [-0.2, -0.15) is 13.8 Å². The zero-order chi connectivity index (χ0) is 15.7. The van der Waals surface area contributed by atoms with Crippen molar-refractivity contribution >= 4 is 5.91 Å². The highest BCUT2D eigenvalue weighted by Gasteiger charge is 2.17. The fourth-order valence-corrected chi connectivity index (χ4v) is 1.49. The third-order valence-electron chi connectivity index (χ3n) is 2.30. The Kier molecular flexibility index (Phi) is 6.86. The van der Waals surface area contributed by atoms with E-state index < -0.39 is 0 Å². The lowest BCUT2D eigenvalue weighted by Crippen LogP contribution is -2.28. The van der Waals surface area contributed by atoms with Crippen molar-refractivity contribution in [2.24, 2.45) is 0 Å². The fraction of sp³-hybridized carbons (Fsp3) is 0.167. The van der Waals surface area contributed by atoms with E-state index in [0.29, 0.717) is 11.1 Å². The lowest BCUT2D eigenvalue weighted by molar-refractivity contribution is -0.125. The molecular formula is C18H15NO-2. The van der Waals surface area contributed by atoms with Crippen LogP contribution in [0.15, 0.2) is 22.5 Å². The number of rotatable bonds is 2. The summed E-state index contributed by atoms with van der Waals surface area (Å²) in [6.07, 6.45) is 11.0. The second kappa shape index (κ2) is 8.11. The lowest BCUT2D eigenvalue weighted by atomic mass is 10.1. The Morgan fingerprint density at radius 1 is 0.900 bits per heavy atom. The second-order valence-electron chi connectivity index (χ2n) is 3.69. The molecule has 0 aliphatic heterocycles. The zero-order valence-electron chi connectivity index (χ0n) is 11.9. The van der Waals surface area contributed by atoms with Crippen molar-refractivity contribution in [1.29, 1.82) is 0 Å². The van der Waals surface area contributed by atoms with Gasteiger partial charge in [-0.25, -0.2) is 0 Å². The summed E-state index contributed by atoms with van der Waals surface area (Å²) in [7, 11) is 0. The molecule has 0 bridgehead atoms. The minimum absolute atomic E-state index is 0.284. The normalized spacial score (nSPS) is 11.1. The minimum atomic E-state index is -0.318. The molecule has 0 radical (unpaired) electrons. The van der Waals surface area contributed by atoms with Gasteiger partial charge in [-0.1, -0.05) is 23.0 Å². The fourth-order valence-electron chi connectivity index (χ4n) is 1.49. The Balaban J connectivity index is 6.35. The van der Waals surface area contributed by atoms with Crippen LogP contribution in [0.1, 0.15) is 20.8 Å². The third kappa shape index (κ3) is 3.99. The van der Waals surface area contributed by atoms with Crippen LogP contribution in [0, 0.1) is 62.2 Å². The van der Waals surface area contributed by atoms with Crippen molar-refractivity contribution in [2.75, 3.05) is 0 Å². The molecule has 0 aromatic heterocycles. The molecule has 2 heteroatoms. The van der Waals surface area contributed by atoms with Crippen LogP contribution in [-0.2, 0) is 4.79 Å². The first-order valence-electron chi connectivity index (χ1n) is 5.66. The van der Waals surface area contributed by atoms with E-state index in [1.54, 1.807) is 13.8 Å². The van der Waals surface area contributed by atoms with Crippen molar-refractivity contribution in [3.8, 4) is 48.4 Å². The number of carbonyl (C=O) groups excluding carboxylic acids is 1. The van der Waals surface area contributed by atoms with Crippen molar-refractivity contribution < 1.29 is 4.79 Å². The van der Waals surface area contributed by atoms with Crippen LogP contribution in [-0.4, -0.2) is 10.8 Å². The average Bonchev–Trinajstić information content (AvgIpc) is 2.39. The Morgan fingerprint density at radius 2 is 1.25 bits per heavy atom. The van der Waals surface area contributed by atoms with Gasteiger partial charge in [-0.05, 0) is 13.8 Å². The van der Waals surface area contributed by atoms with E-state index in [2.05, 4.69) is 49.4 Å². The molecular weight excluding hydrogens is 246 g/mol. The molecule has 0 heterocycles. The molecule has 0 aliphatic rings. The highest BCUT2D eigenvalue weighted by molar-refractivity contribution is 5.80. The highest BCUT2D eigenvalue weighted by atomic mass is 16.2. The lowest BCUT2D eigenvalue weighted by Gasteiger charge is -2.25. The van der Waals surface area contributed by atoms with Crippen LogP contribution in [0.25, 0.3) is 0 Å². The number of amides is 1. The van der Waals surface area contributed by atoms with Gasteiger partial charge < -0.3 is 0 Å². The van der Waals surface area contributed by atoms with Gasteiger partial charge in [0.2, 0.25) is 5.91 Å². The van der Waals surface area contributed by atoms with E-state index in [1.807, 2.05) is 0 Å². The van der Waals surface area contributed by atoms with E-state index in [9.17, 15) is 4.79 Å². The van der Waals surface area contributed by atoms with E-state index >= 15 is 0 Å². The van der Waals surface area contributed by atoms with E-state index in [1.165, 1.54) is 11.8 Å².